The summed E-state index contributed by atoms with van der Waals surface area (Å²) >= 11 is 0. The largest absolute Gasteiger partial charge is 0.531 e. The minimum Gasteiger partial charge on any atom is -0.531 e. The predicted octanol–water partition coefficient (Wildman–Crippen LogP) is 0.569. The Morgan fingerprint density at radius 2 is 1.84 bits per heavy atom. The Labute approximate surface area is 209 Å². The van der Waals surface area contributed by atoms with Crippen molar-refractivity contribution >= 4 is 23.1 Å². The van der Waals surface area contributed by atoms with Gasteiger partial charge < -0.3 is 25.4 Å². The summed E-state index contributed by atoms with van der Waals surface area (Å²) in [5, 5.41) is 43.6. The van der Waals surface area contributed by atoms with Gasteiger partial charge in [0.25, 0.3) is 0 Å². The minimum atomic E-state index is -2.55. The summed E-state index contributed by atoms with van der Waals surface area (Å²) in [4.78, 5) is 44.2. The molecule has 1 saturated carbocycles. The van der Waals surface area contributed by atoms with Crippen molar-refractivity contribution in [2.45, 2.75) is 38.3 Å². The van der Waals surface area contributed by atoms with Gasteiger partial charge >= 0.3 is 0 Å². The topological polar surface area (TPSA) is 148 Å². The van der Waals surface area contributed by atoms with E-state index < -0.39 is 57.9 Å². The third kappa shape index (κ3) is 3.13. The van der Waals surface area contributed by atoms with E-state index in [2.05, 4.69) is 11.2 Å². The second-order valence-corrected chi connectivity index (χ2v) is 8.66. The van der Waals surface area contributed by atoms with Crippen LogP contribution in [-0.4, -0.2) is 73.4 Å². The van der Waals surface area contributed by atoms with Crippen molar-refractivity contribution in [1.82, 2.24) is 9.88 Å². The fourth-order valence-corrected chi connectivity index (χ4v) is 5.22. The number of hydrogen-bond donors (Lipinski definition) is 4. The standard InChI is InChI=1S/C22H23N2O7.Y/c1-8-17(26)14-11(7-23-8)5-10-6-12-16(24(3)4)19(28)13(9(2)25)20(29)22(12,31)21(30)15(10)18(14)27;/h10,12,16,26-27,29,31H,5-6H2,1-4H3;/q-1;/t10-,12-,16-,22+;/m0./s1. The summed E-state index contributed by atoms with van der Waals surface area (Å²) < 4.78 is 0. The SMILES string of the molecule is CC(=O)C1=C(O)[C@@]2(O)C(=O)C3=C(O)c4c([c-]nc(C)c4O)C[C@H]3C[C@H]2[C@H](N(C)C)C1=O.[Y]. The number of aromatic hydroxyl groups is 1. The van der Waals surface area contributed by atoms with E-state index in [0.29, 0.717) is 5.56 Å². The van der Waals surface area contributed by atoms with E-state index in [-0.39, 0.29) is 68.1 Å². The van der Waals surface area contributed by atoms with Crippen LogP contribution in [0.15, 0.2) is 16.9 Å². The van der Waals surface area contributed by atoms with Crippen LogP contribution in [0, 0.1) is 25.0 Å². The van der Waals surface area contributed by atoms with E-state index in [1.54, 1.807) is 14.1 Å². The first-order chi connectivity index (χ1) is 14.4. The van der Waals surface area contributed by atoms with Crippen molar-refractivity contribution < 1.29 is 67.5 Å². The molecule has 1 aromatic heterocycles. The monoisotopic (exact) mass is 516 g/mol. The zero-order valence-electron chi connectivity index (χ0n) is 18.1. The number of rotatable bonds is 2. The average molecular weight is 516 g/mol. The number of hydrogen-bond acceptors (Lipinski definition) is 9. The van der Waals surface area contributed by atoms with Crippen molar-refractivity contribution in [3.05, 3.63) is 39.9 Å². The van der Waals surface area contributed by atoms with Gasteiger partial charge in [-0.15, -0.1) is 5.56 Å². The summed E-state index contributed by atoms with van der Waals surface area (Å²) in [6, 6.07) is -1.03. The Hall–Kier alpha value is -1.94. The number of pyridine rings is 1. The molecule has 0 amide bonds. The van der Waals surface area contributed by atoms with Crippen LogP contribution in [0.25, 0.3) is 5.76 Å². The first-order valence-electron chi connectivity index (χ1n) is 9.88. The molecule has 0 bridgehead atoms. The van der Waals surface area contributed by atoms with E-state index in [4.69, 9.17) is 0 Å². The number of aryl methyl sites for hydroxylation is 1. The van der Waals surface area contributed by atoms with Gasteiger partial charge in [-0.1, -0.05) is 13.1 Å². The van der Waals surface area contributed by atoms with Gasteiger partial charge in [-0.25, -0.2) is 0 Å². The second kappa shape index (κ2) is 8.13. The zero-order valence-corrected chi connectivity index (χ0v) is 21.0. The van der Waals surface area contributed by atoms with E-state index in [0.717, 1.165) is 6.92 Å². The average Bonchev–Trinajstić information content (AvgIpc) is 2.67. The van der Waals surface area contributed by atoms with Crippen LogP contribution < -0.4 is 0 Å². The maximum atomic E-state index is 13.6. The normalized spacial score (nSPS) is 29.4. The molecule has 4 N–H and O–H groups in total. The van der Waals surface area contributed by atoms with Gasteiger partial charge in [0.1, 0.15) is 11.3 Å². The van der Waals surface area contributed by atoms with E-state index >= 15 is 0 Å². The summed E-state index contributed by atoms with van der Waals surface area (Å²) in [5.74, 6) is -5.84. The van der Waals surface area contributed by atoms with Gasteiger partial charge in [-0.3, -0.25) is 19.3 Å². The fraction of sp³-hybridized carbons (Fsp3) is 0.455. The molecule has 0 aromatic carbocycles. The molecular formula is C22H23N2O7Y-. The fourth-order valence-electron chi connectivity index (χ4n) is 5.22. The predicted molar refractivity (Wildman–Crippen MR) is 107 cm³/mol. The Morgan fingerprint density at radius 3 is 2.41 bits per heavy atom. The molecule has 9 nitrogen and oxygen atoms in total. The van der Waals surface area contributed by atoms with Crippen molar-refractivity contribution in [2.24, 2.45) is 11.8 Å². The van der Waals surface area contributed by atoms with Crippen LogP contribution in [0.1, 0.15) is 30.2 Å². The molecule has 0 aliphatic heterocycles. The van der Waals surface area contributed by atoms with Crippen LogP contribution in [0.2, 0.25) is 0 Å². The molecule has 1 heterocycles. The summed E-state index contributed by atoms with van der Waals surface area (Å²) in [6.45, 7) is 2.59. The molecule has 32 heavy (non-hydrogen) atoms. The van der Waals surface area contributed by atoms with E-state index in [1.165, 1.54) is 11.8 Å². The number of aromatic nitrogens is 1. The number of Topliss-reactive ketones (excluding diaryl/α,β-unsaturated/α-hetero) is 3. The number of nitrogens with zero attached hydrogens (tertiary/aromatic N) is 2. The molecule has 4 atom stereocenters. The number of fused-ring (bicyclic) bond motifs is 3. The zero-order chi connectivity index (χ0) is 23.0. The maximum absolute atomic E-state index is 13.6. The number of ketones is 3. The maximum Gasteiger partial charge on any atom is 0.201 e. The third-order valence-electron chi connectivity index (χ3n) is 6.66. The van der Waals surface area contributed by atoms with Gasteiger partial charge in [0, 0.05) is 49.9 Å². The van der Waals surface area contributed by atoms with Gasteiger partial charge in [0.2, 0.25) is 5.78 Å². The van der Waals surface area contributed by atoms with Gasteiger partial charge in [0.15, 0.2) is 17.2 Å². The molecule has 3 aliphatic rings. The van der Waals surface area contributed by atoms with Crippen molar-refractivity contribution in [3.8, 4) is 5.75 Å². The Bertz CT molecular complexity index is 1120. The number of carbonyl (C=O) groups excluding carboxylic acids is 3. The molecule has 0 unspecified atom stereocenters. The Morgan fingerprint density at radius 1 is 1.22 bits per heavy atom. The molecule has 1 radical (unpaired) electrons. The van der Waals surface area contributed by atoms with Crippen LogP contribution in [0.5, 0.6) is 5.75 Å². The molecule has 0 spiro atoms. The molecular weight excluding hydrogens is 493 g/mol. The number of carbonyl (C=O) groups is 3. The Kier molecular flexibility index (Phi) is 6.28. The van der Waals surface area contributed by atoms with Crippen LogP contribution in [0.4, 0.5) is 0 Å². The van der Waals surface area contributed by atoms with Gasteiger partial charge in [-0.05, 0) is 51.0 Å². The molecule has 4 rings (SSSR count). The smallest absolute Gasteiger partial charge is 0.201 e. The minimum absolute atomic E-state index is 0. The van der Waals surface area contributed by atoms with E-state index in [1.807, 2.05) is 0 Å². The second-order valence-electron chi connectivity index (χ2n) is 8.66. The summed E-state index contributed by atoms with van der Waals surface area (Å²) in [7, 11) is 3.18. The van der Waals surface area contributed by atoms with Gasteiger partial charge in [0.05, 0.1) is 11.8 Å². The molecule has 10 heteroatoms. The number of aliphatic hydroxyl groups is 3. The molecule has 167 valence electrons. The number of aliphatic hydroxyl groups excluding tert-OH is 2. The molecule has 1 fully saturated rings. The number of likely N-dealkylation sites (N-methyl/N-ethyl adjacent to an activating group) is 1. The van der Waals surface area contributed by atoms with Gasteiger partial charge in [-0.2, -0.15) is 0 Å². The first-order valence-corrected chi connectivity index (χ1v) is 9.88. The molecule has 0 saturated heterocycles. The molecule has 3 aliphatic carbocycles. The van der Waals surface area contributed by atoms with Crippen LogP contribution >= 0.6 is 0 Å². The van der Waals surface area contributed by atoms with E-state index in [9.17, 15) is 34.8 Å². The Balaban J connectivity index is 0.00000289. The van der Waals surface area contributed by atoms with Crippen molar-refractivity contribution in [1.29, 1.82) is 0 Å². The van der Waals surface area contributed by atoms with Crippen molar-refractivity contribution in [3.63, 3.8) is 0 Å². The van der Waals surface area contributed by atoms with Crippen LogP contribution in [0.3, 0.4) is 0 Å². The molecule has 1 aromatic rings. The van der Waals surface area contributed by atoms with Crippen LogP contribution in [-0.2, 0) is 53.5 Å². The van der Waals surface area contributed by atoms with Crippen molar-refractivity contribution in [2.75, 3.05) is 14.1 Å². The summed E-state index contributed by atoms with van der Waals surface area (Å²) in [5.41, 5.74) is -2.68. The quantitative estimate of drug-likeness (QED) is 0.327. The first kappa shape index (κ1) is 24.7. The third-order valence-corrected chi connectivity index (χ3v) is 6.66. The summed E-state index contributed by atoms with van der Waals surface area (Å²) in [6.07, 6.45) is 3.05.